The summed E-state index contributed by atoms with van der Waals surface area (Å²) in [6.07, 6.45) is 4.58. The lowest BCUT2D eigenvalue weighted by Gasteiger charge is -2.27. The van der Waals surface area contributed by atoms with Crippen LogP contribution in [0.3, 0.4) is 0 Å². The minimum Gasteiger partial charge on any atom is -0.395 e. The minimum absolute atomic E-state index is 0.0198. The molecular formula is C12H15BrN2O4. The topological polar surface area (TPSA) is 85.4 Å². The molecule has 0 radical (unpaired) electrons. The summed E-state index contributed by atoms with van der Waals surface area (Å²) in [4.78, 5) is 22.0. The van der Waals surface area contributed by atoms with Gasteiger partial charge in [0.2, 0.25) is 0 Å². The van der Waals surface area contributed by atoms with Crippen LogP contribution in [0, 0.1) is 16.0 Å². The van der Waals surface area contributed by atoms with Crippen LogP contribution in [0.4, 0.5) is 5.88 Å². The number of hydrogen-bond donors (Lipinski definition) is 1. The molecule has 1 fully saturated rings. The van der Waals surface area contributed by atoms with Crippen LogP contribution >= 0.6 is 15.9 Å². The molecule has 1 aliphatic rings. The second-order valence-electron chi connectivity index (χ2n) is 4.67. The highest BCUT2D eigenvalue weighted by Crippen LogP contribution is 2.29. The van der Waals surface area contributed by atoms with Gasteiger partial charge in [-0.05, 0) is 24.8 Å². The van der Waals surface area contributed by atoms with Crippen LogP contribution in [0.15, 0.2) is 16.5 Å². The maximum atomic E-state index is 11.8. The Labute approximate surface area is 118 Å². The fourth-order valence-electron chi connectivity index (χ4n) is 2.25. The van der Waals surface area contributed by atoms with Crippen LogP contribution in [-0.2, 0) is 0 Å². The van der Waals surface area contributed by atoms with E-state index in [4.69, 9.17) is 4.42 Å². The predicted octanol–water partition coefficient (Wildman–Crippen LogP) is 2.87. The van der Waals surface area contributed by atoms with E-state index in [1.165, 1.54) is 25.0 Å². The summed E-state index contributed by atoms with van der Waals surface area (Å²) in [5, 5.41) is 13.2. The zero-order valence-corrected chi connectivity index (χ0v) is 11.9. The van der Waals surface area contributed by atoms with Crippen LogP contribution < -0.4 is 5.32 Å². The summed E-state index contributed by atoms with van der Waals surface area (Å²) in [6.45, 7) is 0.559. The summed E-state index contributed by atoms with van der Waals surface area (Å²) in [5.41, 5.74) is 0. The molecule has 2 rings (SSSR count). The van der Waals surface area contributed by atoms with Crippen LogP contribution in [0.5, 0.6) is 0 Å². The Morgan fingerprint density at radius 1 is 1.47 bits per heavy atom. The number of alkyl halides is 1. The Hall–Kier alpha value is -1.37. The van der Waals surface area contributed by atoms with Gasteiger partial charge in [-0.3, -0.25) is 14.9 Å². The van der Waals surface area contributed by atoms with Gasteiger partial charge in [-0.2, -0.15) is 0 Å². The SMILES string of the molecule is O=C(NCC1CCCCC1Br)c1ccc([N+](=O)[O-])o1. The number of hydrogen-bond acceptors (Lipinski definition) is 4. The summed E-state index contributed by atoms with van der Waals surface area (Å²) in [6, 6.07) is 2.50. The van der Waals surface area contributed by atoms with E-state index in [1.807, 2.05) is 0 Å². The van der Waals surface area contributed by atoms with Crippen molar-refractivity contribution in [3.63, 3.8) is 0 Å². The van der Waals surface area contributed by atoms with Crippen LogP contribution in [0.25, 0.3) is 0 Å². The smallest absolute Gasteiger partial charge is 0.395 e. The van der Waals surface area contributed by atoms with Gasteiger partial charge in [0.05, 0.1) is 6.07 Å². The fraction of sp³-hybridized carbons (Fsp3) is 0.583. The molecule has 0 bridgehead atoms. The third-order valence-electron chi connectivity index (χ3n) is 3.34. The number of amides is 1. The molecule has 2 unspecified atom stereocenters. The molecule has 0 aromatic carbocycles. The minimum atomic E-state index is -0.660. The number of halogens is 1. The number of carbonyl (C=O) groups excluding carboxylic acids is 1. The largest absolute Gasteiger partial charge is 0.433 e. The van der Waals surface area contributed by atoms with E-state index in [-0.39, 0.29) is 5.76 Å². The third kappa shape index (κ3) is 3.56. The lowest BCUT2D eigenvalue weighted by atomic mass is 9.89. The highest BCUT2D eigenvalue weighted by molar-refractivity contribution is 9.09. The van der Waals surface area contributed by atoms with Crippen molar-refractivity contribution in [3.8, 4) is 0 Å². The quantitative estimate of drug-likeness (QED) is 0.522. The van der Waals surface area contributed by atoms with Crippen molar-refractivity contribution < 1.29 is 14.1 Å². The molecule has 1 saturated carbocycles. The fourth-order valence-corrected chi connectivity index (χ4v) is 3.03. The van der Waals surface area contributed by atoms with E-state index in [1.54, 1.807) is 0 Å². The van der Waals surface area contributed by atoms with Crippen molar-refractivity contribution in [3.05, 3.63) is 28.0 Å². The van der Waals surface area contributed by atoms with Crippen molar-refractivity contribution in [2.45, 2.75) is 30.5 Å². The number of rotatable bonds is 4. The zero-order chi connectivity index (χ0) is 13.8. The van der Waals surface area contributed by atoms with E-state index in [2.05, 4.69) is 21.2 Å². The van der Waals surface area contributed by atoms with Gasteiger partial charge in [0.15, 0.2) is 5.76 Å². The lowest BCUT2D eigenvalue weighted by molar-refractivity contribution is -0.402. The number of nitro groups is 1. The molecule has 1 aliphatic carbocycles. The average Bonchev–Trinajstić information content (AvgIpc) is 2.87. The van der Waals surface area contributed by atoms with E-state index in [9.17, 15) is 14.9 Å². The van der Waals surface area contributed by atoms with Crippen molar-refractivity contribution in [1.82, 2.24) is 5.32 Å². The molecule has 7 heteroatoms. The molecule has 2 atom stereocenters. The first-order valence-corrected chi connectivity index (χ1v) is 7.16. The van der Waals surface area contributed by atoms with E-state index in [0.29, 0.717) is 17.3 Å². The van der Waals surface area contributed by atoms with Crippen LogP contribution in [0.2, 0.25) is 0 Å². The molecule has 0 spiro atoms. The average molecular weight is 331 g/mol. The predicted molar refractivity (Wildman–Crippen MR) is 72.4 cm³/mol. The van der Waals surface area contributed by atoms with Crippen LogP contribution in [0.1, 0.15) is 36.2 Å². The summed E-state index contributed by atoms with van der Waals surface area (Å²) in [5.74, 6) is -0.434. The molecule has 1 N–H and O–H groups in total. The van der Waals surface area contributed by atoms with Gasteiger partial charge in [-0.1, -0.05) is 28.8 Å². The van der Waals surface area contributed by atoms with Crippen molar-refractivity contribution in [2.75, 3.05) is 6.54 Å². The van der Waals surface area contributed by atoms with Crippen molar-refractivity contribution in [2.24, 2.45) is 5.92 Å². The molecule has 1 amide bonds. The third-order valence-corrected chi connectivity index (χ3v) is 4.54. The van der Waals surface area contributed by atoms with Gasteiger partial charge < -0.3 is 9.73 Å². The normalized spacial score (nSPS) is 23.0. The Morgan fingerprint density at radius 3 is 2.84 bits per heavy atom. The van der Waals surface area contributed by atoms with Gasteiger partial charge in [-0.15, -0.1) is 0 Å². The Morgan fingerprint density at radius 2 is 2.21 bits per heavy atom. The standard InChI is InChI=1S/C12H15BrN2O4/c13-9-4-2-1-3-8(9)7-14-12(16)10-5-6-11(19-10)15(17)18/h5-6,8-9H,1-4,7H2,(H,14,16). The summed E-state index contributed by atoms with van der Waals surface area (Å²) in [7, 11) is 0. The Bertz CT molecular complexity index is 474. The Kier molecular flexibility index (Phi) is 4.57. The monoisotopic (exact) mass is 330 g/mol. The number of carbonyl (C=O) groups is 1. The molecular weight excluding hydrogens is 316 g/mol. The van der Waals surface area contributed by atoms with Gasteiger partial charge in [0.1, 0.15) is 4.92 Å². The molecule has 6 nitrogen and oxygen atoms in total. The van der Waals surface area contributed by atoms with Crippen molar-refractivity contribution >= 4 is 27.7 Å². The molecule has 0 aliphatic heterocycles. The van der Waals surface area contributed by atoms with E-state index in [0.717, 1.165) is 12.8 Å². The second kappa shape index (κ2) is 6.18. The van der Waals surface area contributed by atoms with Gasteiger partial charge >= 0.3 is 5.88 Å². The molecule has 19 heavy (non-hydrogen) atoms. The molecule has 1 heterocycles. The van der Waals surface area contributed by atoms with Gasteiger partial charge in [-0.25, -0.2) is 0 Å². The number of nitrogens with one attached hydrogen (secondary N) is 1. The van der Waals surface area contributed by atoms with Crippen molar-refractivity contribution in [1.29, 1.82) is 0 Å². The molecule has 1 aromatic heterocycles. The number of furan rings is 1. The summed E-state index contributed by atoms with van der Waals surface area (Å²) < 4.78 is 4.85. The zero-order valence-electron chi connectivity index (χ0n) is 10.3. The first-order chi connectivity index (χ1) is 9.08. The van der Waals surface area contributed by atoms with E-state index < -0.39 is 16.7 Å². The highest BCUT2D eigenvalue weighted by Gasteiger charge is 2.24. The lowest BCUT2D eigenvalue weighted by Crippen LogP contribution is -2.34. The maximum absolute atomic E-state index is 11.8. The van der Waals surface area contributed by atoms with Crippen LogP contribution in [-0.4, -0.2) is 22.2 Å². The summed E-state index contributed by atoms with van der Waals surface area (Å²) >= 11 is 3.62. The molecule has 0 saturated heterocycles. The first kappa shape index (κ1) is 14.0. The van der Waals surface area contributed by atoms with Gasteiger partial charge in [0, 0.05) is 11.4 Å². The second-order valence-corrected chi connectivity index (χ2v) is 5.84. The molecule has 1 aromatic rings. The highest BCUT2D eigenvalue weighted by atomic mass is 79.9. The molecule has 104 valence electrons. The Balaban J connectivity index is 1.88. The maximum Gasteiger partial charge on any atom is 0.433 e. The number of nitrogens with zero attached hydrogens (tertiary/aromatic N) is 1. The van der Waals surface area contributed by atoms with E-state index >= 15 is 0 Å². The first-order valence-electron chi connectivity index (χ1n) is 6.24. The van der Waals surface area contributed by atoms with Gasteiger partial charge in [0.25, 0.3) is 5.91 Å².